The highest BCUT2D eigenvalue weighted by Gasteiger charge is 2.30. The first kappa shape index (κ1) is 17.3. The molecule has 24 heavy (non-hydrogen) atoms. The van der Waals surface area contributed by atoms with Crippen LogP contribution in [0.4, 0.5) is 0 Å². The van der Waals surface area contributed by atoms with E-state index in [2.05, 4.69) is 17.4 Å². The molecule has 1 unspecified atom stereocenters. The summed E-state index contributed by atoms with van der Waals surface area (Å²) in [4.78, 5) is 28.5. The Morgan fingerprint density at radius 1 is 1.08 bits per heavy atom. The molecule has 0 saturated carbocycles. The van der Waals surface area contributed by atoms with E-state index in [0.29, 0.717) is 32.6 Å². The van der Waals surface area contributed by atoms with Gasteiger partial charge in [0, 0.05) is 44.2 Å². The quantitative estimate of drug-likeness (QED) is 0.873. The van der Waals surface area contributed by atoms with Crippen molar-refractivity contribution in [3.63, 3.8) is 0 Å². The summed E-state index contributed by atoms with van der Waals surface area (Å²) in [5.41, 5.74) is 1.28. The second kappa shape index (κ2) is 8.53. The molecule has 2 heterocycles. The second-order valence-electron chi connectivity index (χ2n) is 6.32. The maximum absolute atomic E-state index is 12.4. The monoisotopic (exact) mass is 347 g/mol. The van der Waals surface area contributed by atoms with Crippen LogP contribution >= 0.6 is 11.8 Å². The molecular weight excluding hydrogens is 322 g/mol. The van der Waals surface area contributed by atoms with Gasteiger partial charge in [0.2, 0.25) is 11.8 Å². The van der Waals surface area contributed by atoms with E-state index in [4.69, 9.17) is 0 Å². The third kappa shape index (κ3) is 4.51. The first-order valence-electron chi connectivity index (χ1n) is 8.65. The van der Waals surface area contributed by atoms with E-state index < -0.39 is 0 Å². The topological polar surface area (TPSA) is 52.7 Å². The average molecular weight is 347 g/mol. The normalized spacial score (nSPS) is 21.1. The van der Waals surface area contributed by atoms with E-state index in [9.17, 15) is 9.59 Å². The molecule has 1 aromatic carbocycles. The van der Waals surface area contributed by atoms with Gasteiger partial charge in [0.25, 0.3) is 0 Å². The number of benzene rings is 1. The zero-order valence-corrected chi connectivity index (χ0v) is 14.8. The van der Waals surface area contributed by atoms with Crippen molar-refractivity contribution in [2.75, 3.05) is 37.8 Å². The Morgan fingerprint density at radius 2 is 1.79 bits per heavy atom. The molecule has 0 spiro atoms. The molecule has 2 fully saturated rings. The lowest BCUT2D eigenvalue weighted by Gasteiger charge is -2.36. The van der Waals surface area contributed by atoms with Crippen molar-refractivity contribution >= 4 is 23.6 Å². The van der Waals surface area contributed by atoms with Gasteiger partial charge in [0.1, 0.15) is 0 Å². The first-order valence-corrected chi connectivity index (χ1v) is 9.81. The summed E-state index contributed by atoms with van der Waals surface area (Å²) in [6.45, 7) is 2.64. The van der Waals surface area contributed by atoms with Crippen LogP contribution in [0.25, 0.3) is 0 Å². The van der Waals surface area contributed by atoms with Crippen molar-refractivity contribution in [1.29, 1.82) is 0 Å². The number of piperazine rings is 1. The Labute approximate surface area is 147 Å². The summed E-state index contributed by atoms with van der Waals surface area (Å²) < 4.78 is 0. The summed E-state index contributed by atoms with van der Waals surface area (Å²) in [6, 6.07) is 10.2. The minimum absolute atomic E-state index is 0.0388. The first-order chi connectivity index (χ1) is 11.7. The summed E-state index contributed by atoms with van der Waals surface area (Å²) in [5.74, 6) is 2.12. The molecule has 2 saturated heterocycles. The Hall–Kier alpha value is -1.53. The van der Waals surface area contributed by atoms with Gasteiger partial charge in [0.05, 0.1) is 6.04 Å². The minimum atomic E-state index is -0.0388. The van der Waals surface area contributed by atoms with Gasteiger partial charge in [0.15, 0.2) is 0 Å². The van der Waals surface area contributed by atoms with Gasteiger partial charge in [-0.2, -0.15) is 0 Å². The van der Waals surface area contributed by atoms with Gasteiger partial charge in [-0.25, -0.2) is 0 Å². The summed E-state index contributed by atoms with van der Waals surface area (Å²) >= 11 is 1.76. The van der Waals surface area contributed by atoms with Gasteiger partial charge in [-0.1, -0.05) is 30.3 Å². The third-order valence-electron chi connectivity index (χ3n) is 4.66. The van der Waals surface area contributed by atoms with Gasteiger partial charge in [-0.05, 0) is 18.4 Å². The van der Waals surface area contributed by atoms with Crippen LogP contribution in [-0.4, -0.2) is 65.5 Å². The Morgan fingerprint density at radius 3 is 2.46 bits per heavy atom. The number of nitrogens with zero attached hydrogens (tertiary/aromatic N) is 2. The predicted molar refractivity (Wildman–Crippen MR) is 96.8 cm³/mol. The van der Waals surface area contributed by atoms with Crippen molar-refractivity contribution in [2.45, 2.75) is 25.3 Å². The fourth-order valence-electron chi connectivity index (χ4n) is 3.20. The largest absolute Gasteiger partial charge is 0.339 e. The highest BCUT2D eigenvalue weighted by atomic mass is 32.2. The van der Waals surface area contributed by atoms with Gasteiger partial charge < -0.3 is 9.80 Å². The van der Waals surface area contributed by atoms with E-state index >= 15 is 0 Å². The molecular formula is C18H25N3O2S. The maximum Gasteiger partial charge on any atom is 0.240 e. The molecule has 0 aliphatic carbocycles. The number of amides is 2. The number of carbonyl (C=O) groups is 2. The molecule has 1 aromatic rings. The molecule has 6 heteroatoms. The fourth-order valence-corrected chi connectivity index (χ4v) is 4.13. The predicted octanol–water partition coefficient (Wildman–Crippen LogP) is 1.34. The van der Waals surface area contributed by atoms with E-state index in [1.54, 1.807) is 11.8 Å². The molecule has 1 N–H and O–H groups in total. The zero-order valence-electron chi connectivity index (χ0n) is 13.9. The van der Waals surface area contributed by atoms with Crippen molar-refractivity contribution < 1.29 is 9.59 Å². The van der Waals surface area contributed by atoms with E-state index in [0.717, 1.165) is 24.5 Å². The molecule has 5 nitrogen and oxygen atoms in total. The minimum Gasteiger partial charge on any atom is -0.339 e. The van der Waals surface area contributed by atoms with Crippen LogP contribution in [0, 0.1) is 0 Å². The summed E-state index contributed by atoms with van der Waals surface area (Å²) in [5, 5.41) is 3.22. The van der Waals surface area contributed by atoms with Crippen LogP contribution < -0.4 is 5.32 Å². The van der Waals surface area contributed by atoms with E-state index in [-0.39, 0.29) is 17.9 Å². The second-order valence-corrected chi connectivity index (χ2v) is 7.35. The SMILES string of the molecule is O=C(CCCc1ccccc1)N1CCN(C(=O)C2CSCN2)CC1. The number of carbonyl (C=O) groups excluding carboxylic acids is 2. The van der Waals surface area contributed by atoms with Crippen LogP contribution in [0.3, 0.4) is 0 Å². The van der Waals surface area contributed by atoms with Gasteiger partial charge in [-0.3, -0.25) is 14.9 Å². The standard InChI is InChI=1S/C18H25N3O2S/c22-17(8-4-7-15-5-2-1-3-6-15)20-9-11-21(12-10-20)18(23)16-13-24-14-19-16/h1-3,5-6,16,19H,4,7-14H2. The molecule has 2 aliphatic heterocycles. The molecule has 130 valence electrons. The molecule has 0 bridgehead atoms. The van der Waals surface area contributed by atoms with Crippen LogP contribution in [0.1, 0.15) is 18.4 Å². The molecule has 0 aromatic heterocycles. The smallest absolute Gasteiger partial charge is 0.240 e. The highest BCUT2D eigenvalue weighted by molar-refractivity contribution is 7.99. The summed E-state index contributed by atoms with van der Waals surface area (Å²) in [7, 11) is 0. The Balaban J connectivity index is 1.38. The van der Waals surface area contributed by atoms with Crippen molar-refractivity contribution in [3.05, 3.63) is 35.9 Å². The lowest BCUT2D eigenvalue weighted by molar-refractivity contribution is -0.140. The molecule has 0 radical (unpaired) electrons. The number of rotatable bonds is 5. The third-order valence-corrected chi connectivity index (χ3v) is 5.60. The van der Waals surface area contributed by atoms with Crippen LogP contribution in [-0.2, 0) is 16.0 Å². The molecule has 1 atom stereocenters. The van der Waals surface area contributed by atoms with Crippen molar-refractivity contribution in [1.82, 2.24) is 15.1 Å². The van der Waals surface area contributed by atoms with Gasteiger partial charge in [-0.15, -0.1) is 11.8 Å². The van der Waals surface area contributed by atoms with Crippen LogP contribution in [0.2, 0.25) is 0 Å². The maximum atomic E-state index is 12.4. The van der Waals surface area contributed by atoms with E-state index in [1.165, 1.54) is 5.56 Å². The van der Waals surface area contributed by atoms with Crippen LogP contribution in [0.15, 0.2) is 30.3 Å². The number of aryl methyl sites for hydroxylation is 1. The number of nitrogens with one attached hydrogen (secondary N) is 1. The zero-order chi connectivity index (χ0) is 16.8. The Bertz CT molecular complexity index is 553. The Kier molecular flexibility index (Phi) is 6.15. The number of hydrogen-bond donors (Lipinski definition) is 1. The lowest BCUT2D eigenvalue weighted by Crippen LogP contribution is -2.54. The number of hydrogen-bond acceptors (Lipinski definition) is 4. The summed E-state index contributed by atoms with van der Waals surface area (Å²) in [6.07, 6.45) is 2.41. The van der Waals surface area contributed by atoms with Crippen LogP contribution in [0.5, 0.6) is 0 Å². The molecule has 2 aliphatic rings. The molecule has 2 amide bonds. The number of thioether (sulfide) groups is 1. The van der Waals surface area contributed by atoms with E-state index in [1.807, 2.05) is 28.0 Å². The lowest BCUT2D eigenvalue weighted by atomic mass is 10.1. The highest BCUT2D eigenvalue weighted by Crippen LogP contribution is 2.14. The van der Waals surface area contributed by atoms with Gasteiger partial charge >= 0.3 is 0 Å². The van der Waals surface area contributed by atoms with Crippen molar-refractivity contribution in [2.24, 2.45) is 0 Å². The van der Waals surface area contributed by atoms with Crippen molar-refractivity contribution in [3.8, 4) is 0 Å². The fraction of sp³-hybridized carbons (Fsp3) is 0.556. The molecule has 3 rings (SSSR count). The average Bonchev–Trinajstić information content (AvgIpc) is 3.17.